The van der Waals surface area contributed by atoms with Crippen molar-refractivity contribution in [1.29, 1.82) is 0 Å². The Morgan fingerprint density at radius 1 is 1.26 bits per heavy atom. The number of carbonyl (C=O) groups is 1. The van der Waals surface area contributed by atoms with Gasteiger partial charge in [0.05, 0.1) is 11.2 Å². The predicted molar refractivity (Wildman–Crippen MR) is 90.1 cm³/mol. The van der Waals surface area contributed by atoms with Gasteiger partial charge in [-0.2, -0.15) is 0 Å². The second-order valence-corrected chi connectivity index (χ2v) is 6.60. The Balaban J connectivity index is 1.96. The van der Waals surface area contributed by atoms with E-state index in [0.717, 1.165) is 5.46 Å². The molecule has 1 aromatic heterocycles. The average Bonchev–Trinajstić information content (AvgIpc) is 2.67. The van der Waals surface area contributed by atoms with Crippen LogP contribution in [0.25, 0.3) is 0 Å². The van der Waals surface area contributed by atoms with E-state index in [4.69, 9.17) is 9.31 Å². The minimum absolute atomic E-state index is 0.0447. The fraction of sp³-hybridized carbons (Fsp3) is 0.529. The van der Waals surface area contributed by atoms with Crippen LogP contribution in [0.1, 0.15) is 46.7 Å². The van der Waals surface area contributed by atoms with E-state index in [1.165, 1.54) is 6.92 Å². The summed E-state index contributed by atoms with van der Waals surface area (Å²) in [6.07, 6.45) is 2.33. The van der Waals surface area contributed by atoms with Crippen LogP contribution < -0.4 is 10.8 Å². The molecular formula is C17H23BN2O3. The molecule has 1 saturated heterocycles. The normalized spacial score (nSPS) is 18.2. The molecule has 0 radical (unpaired) electrons. The van der Waals surface area contributed by atoms with Crippen LogP contribution in [-0.4, -0.2) is 35.8 Å². The second-order valence-electron chi connectivity index (χ2n) is 6.60. The first-order valence-corrected chi connectivity index (χ1v) is 7.76. The van der Waals surface area contributed by atoms with Crippen molar-refractivity contribution in [3.05, 3.63) is 24.0 Å². The summed E-state index contributed by atoms with van der Waals surface area (Å²) in [7, 11) is -0.408. The third-order valence-electron chi connectivity index (χ3n) is 4.15. The van der Waals surface area contributed by atoms with Gasteiger partial charge in [0.1, 0.15) is 5.69 Å². The number of nitrogens with one attached hydrogen (secondary N) is 1. The van der Waals surface area contributed by atoms with Gasteiger partial charge in [0.25, 0.3) is 0 Å². The molecule has 0 unspecified atom stereocenters. The Labute approximate surface area is 138 Å². The van der Waals surface area contributed by atoms with E-state index < -0.39 is 7.12 Å². The number of amides is 1. The number of hydrogen-bond donors (Lipinski definition) is 1. The van der Waals surface area contributed by atoms with Crippen molar-refractivity contribution in [2.24, 2.45) is 0 Å². The van der Waals surface area contributed by atoms with Gasteiger partial charge in [-0.25, -0.2) is 4.98 Å². The quantitative estimate of drug-likeness (QED) is 0.518. The molecule has 0 aliphatic carbocycles. The summed E-state index contributed by atoms with van der Waals surface area (Å²) >= 11 is 0. The van der Waals surface area contributed by atoms with E-state index in [1.54, 1.807) is 6.20 Å². The van der Waals surface area contributed by atoms with Crippen molar-refractivity contribution in [1.82, 2.24) is 10.3 Å². The lowest BCUT2D eigenvalue weighted by Gasteiger charge is -2.32. The minimum Gasteiger partial charge on any atom is -0.399 e. The summed E-state index contributed by atoms with van der Waals surface area (Å²) in [4.78, 5) is 15.1. The molecule has 122 valence electrons. The average molecular weight is 314 g/mol. The first kappa shape index (κ1) is 17.5. The maximum absolute atomic E-state index is 10.7. The van der Waals surface area contributed by atoms with Crippen LogP contribution in [0.4, 0.5) is 0 Å². The van der Waals surface area contributed by atoms with Crippen LogP contribution in [0, 0.1) is 11.8 Å². The van der Waals surface area contributed by atoms with Crippen molar-refractivity contribution in [3.8, 4) is 11.8 Å². The van der Waals surface area contributed by atoms with Gasteiger partial charge >= 0.3 is 7.12 Å². The molecular weight excluding hydrogens is 291 g/mol. The standard InChI is InChI=1S/C17H23BN2O3/c1-13(21)19-11-7-6-8-15-10-9-14(12-20-15)18-22-16(2,3)17(4,5)23-18/h9-10,12H,7,11H2,1-5H3,(H,19,21). The topological polar surface area (TPSA) is 60.5 Å². The van der Waals surface area contributed by atoms with Crippen LogP contribution in [0.5, 0.6) is 0 Å². The summed E-state index contributed by atoms with van der Waals surface area (Å²) in [5.41, 5.74) is 0.847. The zero-order valence-corrected chi connectivity index (χ0v) is 14.4. The largest absolute Gasteiger partial charge is 0.496 e. The van der Waals surface area contributed by atoms with Crippen LogP contribution >= 0.6 is 0 Å². The molecule has 2 rings (SSSR count). The Morgan fingerprint density at radius 2 is 1.91 bits per heavy atom. The number of aromatic nitrogens is 1. The monoisotopic (exact) mass is 314 g/mol. The van der Waals surface area contributed by atoms with Gasteiger partial charge in [0.15, 0.2) is 0 Å². The molecule has 0 bridgehead atoms. The Kier molecular flexibility index (Phi) is 5.13. The van der Waals surface area contributed by atoms with Gasteiger partial charge in [-0.3, -0.25) is 4.79 Å². The van der Waals surface area contributed by atoms with Crippen LogP contribution in [0.2, 0.25) is 0 Å². The van der Waals surface area contributed by atoms with Crippen LogP contribution in [-0.2, 0) is 14.1 Å². The molecule has 2 heterocycles. The van der Waals surface area contributed by atoms with E-state index in [-0.39, 0.29) is 17.1 Å². The number of hydrogen-bond acceptors (Lipinski definition) is 4. The summed E-state index contributed by atoms with van der Waals surface area (Å²) in [5, 5.41) is 2.70. The van der Waals surface area contributed by atoms with E-state index in [1.807, 2.05) is 39.8 Å². The van der Waals surface area contributed by atoms with E-state index in [9.17, 15) is 4.79 Å². The highest BCUT2D eigenvalue weighted by atomic mass is 16.7. The molecule has 0 spiro atoms. The number of pyridine rings is 1. The van der Waals surface area contributed by atoms with E-state index in [2.05, 4.69) is 22.1 Å². The van der Waals surface area contributed by atoms with Crippen molar-refractivity contribution in [2.45, 2.75) is 52.2 Å². The summed E-state index contributed by atoms with van der Waals surface area (Å²) in [6, 6.07) is 3.78. The lowest BCUT2D eigenvalue weighted by Crippen LogP contribution is -2.41. The SMILES string of the molecule is CC(=O)NCCC#Cc1ccc(B2OC(C)(C)C(C)(C)O2)cn1. The van der Waals surface area contributed by atoms with Crippen molar-refractivity contribution < 1.29 is 14.1 Å². The van der Waals surface area contributed by atoms with Gasteiger partial charge in [-0.05, 0) is 39.7 Å². The molecule has 6 heteroatoms. The third-order valence-corrected chi connectivity index (χ3v) is 4.15. The van der Waals surface area contributed by atoms with E-state index >= 15 is 0 Å². The lowest BCUT2D eigenvalue weighted by atomic mass is 9.80. The molecule has 1 N–H and O–H groups in total. The number of rotatable bonds is 3. The first-order chi connectivity index (χ1) is 10.7. The van der Waals surface area contributed by atoms with Crippen molar-refractivity contribution in [3.63, 3.8) is 0 Å². The molecule has 0 saturated carbocycles. The van der Waals surface area contributed by atoms with Gasteiger partial charge in [0.2, 0.25) is 5.91 Å². The smallest absolute Gasteiger partial charge is 0.399 e. The van der Waals surface area contributed by atoms with Crippen LogP contribution in [0.3, 0.4) is 0 Å². The number of nitrogens with zero attached hydrogens (tertiary/aromatic N) is 1. The van der Waals surface area contributed by atoms with Gasteiger partial charge in [-0.15, -0.1) is 0 Å². The third kappa shape index (κ3) is 4.34. The van der Waals surface area contributed by atoms with Crippen molar-refractivity contribution in [2.75, 3.05) is 6.54 Å². The zero-order valence-electron chi connectivity index (χ0n) is 14.4. The van der Waals surface area contributed by atoms with Crippen molar-refractivity contribution >= 4 is 18.5 Å². The summed E-state index contributed by atoms with van der Waals surface area (Å²) < 4.78 is 12.0. The van der Waals surface area contributed by atoms with Gasteiger partial charge in [0, 0.05) is 31.5 Å². The molecule has 23 heavy (non-hydrogen) atoms. The Hall–Kier alpha value is -1.84. The molecule has 1 aliphatic rings. The summed E-state index contributed by atoms with van der Waals surface area (Å²) in [5.74, 6) is 5.91. The molecule has 0 atom stereocenters. The molecule has 5 nitrogen and oxygen atoms in total. The van der Waals surface area contributed by atoms with Crippen LogP contribution in [0.15, 0.2) is 18.3 Å². The predicted octanol–water partition coefficient (Wildman–Crippen LogP) is 1.26. The fourth-order valence-electron chi connectivity index (χ4n) is 2.05. The summed E-state index contributed by atoms with van der Waals surface area (Å²) in [6.45, 7) is 10.1. The highest BCUT2D eigenvalue weighted by Crippen LogP contribution is 2.36. The lowest BCUT2D eigenvalue weighted by molar-refractivity contribution is -0.118. The van der Waals surface area contributed by atoms with Gasteiger partial charge < -0.3 is 14.6 Å². The molecule has 1 fully saturated rings. The minimum atomic E-state index is -0.408. The Morgan fingerprint density at radius 3 is 2.43 bits per heavy atom. The Bertz CT molecular complexity index is 613. The second kappa shape index (κ2) is 6.73. The molecule has 1 amide bonds. The van der Waals surface area contributed by atoms with Gasteiger partial charge in [-0.1, -0.05) is 12.0 Å². The highest BCUT2D eigenvalue weighted by molar-refractivity contribution is 6.62. The molecule has 1 aliphatic heterocycles. The first-order valence-electron chi connectivity index (χ1n) is 7.76. The molecule has 0 aromatic carbocycles. The maximum Gasteiger partial charge on any atom is 0.496 e. The zero-order chi connectivity index (χ0) is 17.1. The highest BCUT2D eigenvalue weighted by Gasteiger charge is 2.51. The number of carbonyl (C=O) groups excluding carboxylic acids is 1. The van der Waals surface area contributed by atoms with E-state index in [0.29, 0.717) is 18.7 Å². The maximum atomic E-state index is 10.7. The molecule has 1 aromatic rings. The fourth-order valence-corrected chi connectivity index (χ4v) is 2.05.